The third kappa shape index (κ3) is 1.81. The first kappa shape index (κ1) is 10.0. The molecule has 3 nitrogen and oxygen atoms in total. The lowest BCUT2D eigenvalue weighted by molar-refractivity contribution is -0.0197. The Kier molecular flexibility index (Phi) is 3.15. The second kappa shape index (κ2) is 3.77. The van der Waals surface area contributed by atoms with Crippen molar-refractivity contribution in [3.05, 3.63) is 0 Å². The van der Waals surface area contributed by atoms with Crippen LogP contribution in [0.25, 0.3) is 0 Å². The van der Waals surface area contributed by atoms with Gasteiger partial charge in [-0.1, -0.05) is 0 Å². The molecular weight excluding hydrogens is 151 g/mol. The SMILES string of the molecule is [B]C1CNC(O)C(C)N1C(C)C. The van der Waals surface area contributed by atoms with E-state index in [1.807, 2.05) is 6.92 Å². The van der Waals surface area contributed by atoms with Crippen molar-refractivity contribution in [2.24, 2.45) is 0 Å². The van der Waals surface area contributed by atoms with Gasteiger partial charge in [-0.3, -0.25) is 10.2 Å². The smallest absolute Gasteiger partial charge is 0.120 e. The van der Waals surface area contributed by atoms with E-state index < -0.39 is 6.23 Å². The molecule has 2 N–H and O–H groups in total. The summed E-state index contributed by atoms with van der Waals surface area (Å²) in [6.45, 7) is 6.82. The Morgan fingerprint density at radius 1 is 1.58 bits per heavy atom. The third-order valence-electron chi connectivity index (χ3n) is 2.44. The minimum Gasteiger partial charge on any atom is -0.377 e. The summed E-state index contributed by atoms with van der Waals surface area (Å²) < 4.78 is 0. The van der Waals surface area contributed by atoms with Gasteiger partial charge >= 0.3 is 0 Å². The van der Waals surface area contributed by atoms with E-state index in [0.29, 0.717) is 12.6 Å². The molecule has 0 amide bonds. The number of rotatable bonds is 1. The Labute approximate surface area is 75.5 Å². The van der Waals surface area contributed by atoms with Crippen molar-refractivity contribution in [2.45, 2.75) is 45.0 Å². The van der Waals surface area contributed by atoms with Gasteiger partial charge in [0.1, 0.15) is 6.23 Å². The number of nitrogens with zero attached hydrogens (tertiary/aromatic N) is 1. The standard InChI is InChI=1S/C8H17BN2O/c1-5(2)11-6(3)8(12)10-4-7(11)9/h5-8,10,12H,4H2,1-3H3. The average molecular weight is 168 g/mol. The van der Waals surface area contributed by atoms with Crippen LogP contribution in [0.5, 0.6) is 0 Å². The first-order valence-electron chi connectivity index (χ1n) is 4.48. The van der Waals surface area contributed by atoms with Gasteiger partial charge in [-0.2, -0.15) is 0 Å². The highest BCUT2D eigenvalue weighted by Gasteiger charge is 2.31. The predicted molar refractivity (Wildman–Crippen MR) is 50.0 cm³/mol. The van der Waals surface area contributed by atoms with Gasteiger partial charge in [-0.05, 0) is 26.7 Å². The molecule has 2 radical (unpaired) electrons. The van der Waals surface area contributed by atoms with Crippen LogP contribution >= 0.6 is 0 Å². The third-order valence-corrected chi connectivity index (χ3v) is 2.44. The highest BCUT2D eigenvalue weighted by atomic mass is 16.3. The topological polar surface area (TPSA) is 35.5 Å². The number of hydrogen-bond donors (Lipinski definition) is 2. The summed E-state index contributed by atoms with van der Waals surface area (Å²) in [5, 5.41) is 12.5. The van der Waals surface area contributed by atoms with Crippen LogP contribution in [0.2, 0.25) is 0 Å². The largest absolute Gasteiger partial charge is 0.377 e. The van der Waals surface area contributed by atoms with Gasteiger partial charge in [-0.25, -0.2) is 0 Å². The van der Waals surface area contributed by atoms with Gasteiger partial charge in [0.2, 0.25) is 0 Å². The second-order valence-electron chi connectivity index (χ2n) is 3.70. The first-order valence-corrected chi connectivity index (χ1v) is 4.48. The normalized spacial score (nSPS) is 38.9. The lowest BCUT2D eigenvalue weighted by Gasteiger charge is -2.45. The molecular formula is C8H17BN2O. The molecule has 3 atom stereocenters. The van der Waals surface area contributed by atoms with Gasteiger partial charge in [-0.15, -0.1) is 0 Å². The number of aliphatic hydroxyl groups excluding tert-OH is 1. The van der Waals surface area contributed by atoms with Crippen LogP contribution in [-0.2, 0) is 0 Å². The summed E-state index contributed by atoms with van der Waals surface area (Å²) in [4.78, 5) is 2.13. The second-order valence-corrected chi connectivity index (χ2v) is 3.70. The summed E-state index contributed by atoms with van der Waals surface area (Å²) >= 11 is 0. The van der Waals surface area contributed by atoms with Gasteiger partial charge < -0.3 is 5.11 Å². The Bertz CT molecular complexity index is 154. The maximum atomic E-state index is 9.51. The van der Waals surface area contributed by atoms with Crippen molar-refractivity contribution >= 4 is 7.85 Å². The molecule has 0 aromatic rings. The minimum absolute atomic E-state index is 0.0170. The highest BCUT2D eigenvalue weighted by Crippen LogP contribution is 2.14. The van der Waals surface area contributed by atoms with Crippen molar-refractivity contribution in [1.82, 2.24) is 10.2 Å². The van der Waals surface area contributed by atoms with E-state index in [0.717, 1.165) is 0 Å². The van der Waals surface area contributed by atoms with Crippen LogP contribution in [0.1, 0.15) is 20.8 Å². The molecule has 1 aliphatic heterocycles. The van der Waals surface area contributed by atoms with E-state index in [2.05, 4.69) is 24.1 Å². The van der Waals surface area contributed by atoms with Crippen molar-refractivity contribution in [1.29, 1.82) is 0 Å². The van der Waals surface area contributed by atoms with E-state index in [4.69, 9.17) is 7.85 Å². The van der Waals surface area contributed by atoms with Crippen LogP contribution in [0.4, 0.5) is 0 Å². The maximum Gasteiger partial charge on any atom is 0.120 e. The first-order chi connectivity index (χ1) is 5.54. The maximum absolute atomic E-state index is 9.51. The zero-order valence-electron chi connectivity index (χ0n) is 7.99. The van der Waals surface area contributed by atoms with Gasteiger partial charge in [0.05, 0.1) is 7.85 Å². The summed E-state index contributed by atoms with van der Waals surface area (Å²) in [5.41, 5.74) is 0. The van der Waals surface area contributed by atoms with E-state index in [1.54, 1.807) is 0 Å². The fourth-order valence-electron chi connectivity index (χ4n) is 1.84. The fraction of sp³-hybridized carbons (Fsp3) is 1.00. The molecule has 68 valence electrons. The minimum atomic E-state index is -0.452. The molecule has 3 unspecified atom stereocenters. The molecule has 12 heavy (non-hydrogen) atoms. The Hall–Kier alpha value is -0.0551. The van der Waals surface area contributed by atoms with E-state index in [-0.39, 0.29) is 12.0 Å². The number of aliphatic hydroxyl groups is 1. The molecule has 0 aromatic carbocycles. The van der Waals surface area contributed by atoms with Crippen molar-refractivity contribution in [2.75, 3.05) is 6.54 Å². The molecule has 1 rings (SSSR count). The van der Waals surface area contributed by atoms with E-state index in [9.17, 15) is 5.11 Å². The van der Waals surface area contributed by atoms with Crippen LogP contribution in [0, 0.1) is 0 Å². The molecule has 1 saturated heterocycles. The number of hydrogen-bond acceptors (Lipinski definition) is 3. The van der Waals surface area contributed by atoms with Crippen molar-refractivity contribution < 1.29 is 5.11 Å². The average Bonchev–Trinajstić information content (AvgIpc) is 1.97. The molecule has 0 bridgehead atoms. The van der Waals surface area contributed by atoms with E-state index >= 15 is 0 Å². The molecule has 0 spiro atoms. The molecule has 0 saturated carbocycles. The van der Waals surface area contributed by atoms with Crippen LogP contribution < -0.4 is 5.32 Å². The van der Waals surface area contributed by atoms with Crippen LogP contribution in [0.15, 0.2) is 0 Å². The van der Waals surface area contributed by atoms with Gasteiger partial charge in [0.15, 0.2) is 0 Å². The molecule has 1 aliphatic rings. The van der Waals surface area contributed by atoms with Crippen LogP contribution in [-0.4, -0.2) is 48.7 Å². The summed E-state index contributed by atoms with van der Waals surface area (Å²) in [5.74, 6) is 0.0170. The summed E-state index contributed by atoms with van der Waals surface area (Å²) in [6.07, 6.45) is -0.452. The fourth-order valence-corrected chi connectivity index (χ4v) is 1.84. The Balaban J connectivity index is 2.65. The predicted octanol–water partition coefficient (Wildman–Crippen LogP) is -0.498. The molecule has 1 fully saturated rings. The van der Waals surface area contributed by atoms with Crippen molar-refractivity contribution in [3.8, 4) is 0 Å². The number of piperazine rings is 1. The quantitative estimate of drug-likeness (QED) is 0.518. The molecule has 1 heterocycles. The van der Waals surface area contributed by atoms with E-state index in [1.165, 1.54) is 0 Å². The molecule has 4 heteroatoms. The lowest BCUT2D eigenvalue weighted by Crippen LogP contribution is -2.63. The molecule has 0 aromatic heterocycles. The zero-order chi connectivity index (χ0) is 9.30. The highest BCUT2D eigenvalue weighted by molar-refractivity contribution is 6.12. The molecule has 0 aliphatic carbocycles. The van der Waals surface area contributed by atoms with Crippen molar-refractivity contribution in [3.63, 3.8) is 0 Å². The summed E-state index contributed by atoms with van der Waals surface area (Å²) in [7, 11) is 5.88. The summed E-state index contributed by atoms with van der Waals surface area (Å²) in [6, 6.07) is 0.473. The monoisotopic (exact) mass is 168 g/mol. The van der Waals surface area contributed by atoms with Gasteiger partial charge in [0.25, 0.3) is 0 Å². The Morgan fingerprint density at radius 3 is 2.58 bits per heavy atom. The Morgan fingerprint density at radius 2 is 2.17 bits per heavy atom. The number of nitrogens with one attached hydrogen (secondary N) is 1. The van der Waals surface area contributed by atoms with Crippen LogP contribution in [0.3, 0.4) is 0 Å². The zero-order valence-corrected chi connectivity index (χ0v) is 7.99. The lowest BCUT2D eigenvalue weighted by atomic mass is 9.89. The van der Waals surface area contributed by atoms with Gasteiger partial charge in [0, 0.05) is 18.6 Å².